The standard InChI is InChI=1S/C20H34O3Si/c1-9-19(16(2)14-23-24(7,8)20(3,4)5)22-15-17-10-12-18(21-6)13-11-17/h9-13,16,19H,1,14-15H2,2-8H3/t16-,19-/m1/s1. The van der Waals surface area contributed by atoms with Crippen molar-refractivity contribution >= 4 is 8.32 Å². The molecule has 0 unspecified atom stereocenters. The van der Waals surface area contributed by atoms with E-state index in [0.29, 0.717) is 13.2 Å². The van der Waals surface area contributed by atoms with Crippen LogP contribution >= 0.6 is 0 Å². The third-order valence-corrected chi connectivity index (χ3v) is 9.41. The van der Waals surface area contributed by atoms with Crippen LogP contribution in [0.15, 0.2) is 36.9 Å². The molecule has 0 bridgehead atoms. The molecular formula is C20H34O3Si. The molecule has 0 spiro atoms. The lowest BCUT2D eigenvalue weighted by molar-refractivity contribution is 0.0215. The predicted octanol–water partition coefficient (Wildman–Crippen LogP) is 5.42. The quantitative estimate of drug-likeness (QED) is 0.439. The molecule has 0 amide bonds. The third kappa shape index (κ3) is 6.08. The lowest BCUT2D eigenvalue weighted by Gasteiger charge is -2.37. The van der Waals surface area contributed by atoms with Gasteiger partial charge in [-0.25, -0.2) is 0 Å². The number of benzene rings is 1. The monoisotopic (exact) mass is 350 g/mol. The molecule has 0 radical (unpaired) electrons. The van der Waals surface area contributed by atoms with Gasteiger partial charge in [0, 0.05) is 12.5 Å². The Bertz CT molecular complexity index is 503. The first-order chi connectivity index (χ1) is 11.1. The van der Waals surface area contributed by atoms with Crippen LogP contribution in [0.5, 0.6) is 5.75 Å². The summed E-state index contributed by atoms with van der Waals surface area (Å²) < 4.78 is 17.5. The van der Waals surface area contributed by atoms with Crippen LogP contribution in [0, 0.1) is 5.92 Å². The van der Waals surface area contributed by atoms with Gasteiger partial charge in [0.2, 0.25) is 0 Å². The highest BCUT2D eigenvalue weighted by atomic mass is 28.4. The molecule has 1 aromatic carbocycles. The van der Waals surface area contributed by atoms with E-state index in [-0.39, 0.29) is 17.1 Å². The molecule has 2 atom stereocenters. The molecule has 0 saturated carbocycles. The van der Waals surface area contributed by atoms with E-state index in [0.717, 1.165) is 11.3 Å². The van der Waals surface area contributed by atoms with Gasteiger partial charge in [0.15, 0.2) is 8.32 Å². The Hall–Kier alpha value is -1.10. The molecule has 0 aromatic heterocycles. The Morgan fingerprint density at radius 1 is 1.17 bits per heavy atom. The van der Waals surface area contributed by atoms with Crippen LogP contribution in [0.1, 0.15) is 33.3 Å². The van der Waals surface area contributed by atoms with Crippen molar-refractivity contribution in [2.75, 3.05) is 13.7 Å². The van der Waals surface area contributed by atoms with Crippen molar-refractivity contribution in [2.45, 2.75) is 58.5 Å². The van der Waals surface area contributed by atoms with Crippen molar-refractivity contribution in [3.05, 3.63) is 42.5 Å². The predicted molar refractivity (Wildman–Crippen MR) is 104 cm³/mol. The van der Waals surface area contributed by atoms with E-state index in [4.69, 9.17) is 13.9 Å². The van der Waals surface area contributed by atoms with Gasteiger partial charge < -0.3 is 13.9 Å². The minimum absolute atomic E-state index is 0.0168. The minimum atomic E-state index is -1.73. The van der Waals surface area contributed by atoms with Crippen molar-refractivity contribution < 1.29 is 13.9 Å². The first kappa shape index (κ1) is 20.9. The average molecular weight is 351 g/mol. The second kappa shape index (κ2) is 8.84. The molecule has 0 heterocycles. The van der Waals surface area contributed by atoms with Crippen molar-refractivity contribution in [3.63, 3.8) is 0 Å². The molecule has 24 heavy (non-hydrogen) atoms. The molecule has 1 rings (SSSR count). The molecule has 4 heteroatoms. The van der Waals surface area contributed by atoms with Crippen LogP contribution in [-0.2, 0) is 15.8 Å². The Morgan fingerprint density at radius 3 is 2.21 bits per heavy atom. The fraction of sp³-hybridized carbons (Fsp3) is 0.600. The van der Waals surface area contributed by atoms with Gasteiger partial charge in [0.1, 0.15) is 5.75 Å². The van der Waals surface area contributed by atoms with E-state index < -0.39 is 8.32 Å². The lowest BCUT2D eigenvalue weighted by atomic mass is 10.1. The molecule has 0 saturated heterocycles. The number of hydrogen-bond acceptors (Lipinski definition) is 3. The van der Waals surface area contributed by atoms with Gasteiger partial charge >= 0.3 is 0 Å². The fourth-order valence-electron chi connectivity index (χ4n) is 2.03. The van der Waals surface area contributed by atoms with E-state index in [9.17, 15) is 0 Å². The SMILES string of the molecule is C=C[C@@H](OCc1ccc(OC)cc1)[C@H](C)CO[Si](C)(C)C(C)(C)C. The van der Waals surface area contributed by atoms with Crippen LogP contribution in [-0.4, -0.2) is 28.1 Å². The van der Waals surface area contributed by atoms with E-state index in [2.05, 4.69) is 47.4 Å². The first-order valence-electron chi connectivity index (χ1n) is 8.61. The van der Waals surface area contributed by atoms with Crippen LogP contribution in [0.4, 0.5) is 0 Å². The van der Waals surface area contributed by atoms with Gasteiger partial charge in [0.05, 0.1) is 19.8 Å². The van der Waals surface area contributed by atoms with Crippen molar-refractivity contribution in [3.8, 4) is 5.75 Å². The number of methoxy groups -OCH3 is 1. The van der Waals surface area contributed by atoms with Crippen LogP contribution < -0.4 is 4.74 Å². The van der Waals surface area contributed by atoms with Crippen LogP contribution in [0.3, 0.4) is 0 Å². The zero-order valence-electron chi connectivity index (χ0n) is 16.4. The van der Waals surface area contributed by atoms with E-state index in [1.807, 2.05) is 30.3 Å². The number of ether oxygens (including phenoxy) is 2. The summed E-state index contributed by atoms with van der Waals surface area (Å²) in [5.41, 5.74) is 1.13. The molecule has 3 nitrogen and oxygen atoms in total. The van der Waals surface area contributed by atoms with E-state index >= 15 is 0 Å². The molecule has 0 N–H and O–H groups in total. The summed E-state index contributed by atoms with van der Waals surface area (Å²) in [6.45, 7) is 18.7. The Labute approximate surface area is 149 Å². The molecular weight excluding hydrogens is 316 g/mol. The zero-order valence-corrected chi connectivity index (χ0v) is 17.4. The maximum absolute atomic E-state index is 6.32. The maximum atomic E-state index is 6.32. The molecule has 1 aromatic rings. The van der Waals surface area contributed by atoms with Crippen molar-refractivity contribution in [1.82, 2.24) is 0 Å². The highest BCUT2D eigenvalue weighted by Gasteiger charge is 2.37. The summed E-state index contributed by atoms with van der Waals surface area (Å²) in [5, 5.41) is 0.223. The van der Waals surface area contributed by atoms with Gasteiger partial charge in [-0.1, -0.05) is 45.9 Å². The third-order valence-electron chi connectivity index (χ3n) is 4.91. The van der Waals surface area contributed by atoms with Gasteiger partial charge in [-0.05, 0) is 35.8 Å². The summed E-state index contributed by atoms with van der Waals surface area (Å²) in [7, 11) is -0.0575. The molecule has 0 aliphatic heterocycles. The second-order valence-electron chi connectivity index (χ2n) is 7.91. The molecule has 0 aliphatic carbocycles. The Kier molecular flexibility index (Phi) is 7.71. The van der Waals surface area contributed by atoms with Gasteiger partial charge in [0.25, 0.3) is 0 Å². The van der Waals surface area contributed by atoms with Gasteiger partial charge in [-0.15, -0.1) is 6.58 Å². The fourth-order valence-corrected chi connectivity index (χ4v) is 3.14. The summed E-state index contributed by atoms with van der Waals surface area (Å²) in [4.78, 5) is 0. The normalized spacial score (nSPS) is 15.0. The maximum Gasteiger partial charge on any atom is 0.191 e. The summed E-state index contributed by atoms with van der Waals surface area (Å²) in [6.07, 6.45) is 1.86. The average Bonchev–Trinajstić information content (AvgIpc) is 2.53. The highest BCUT2D eigenvalue weighted by molar-refractivity contribution is 6.74. The minimum Gasteiger partial charge on any atom is -0.497 e. The molecule has 136 valence electrons. The second-order valence-corrected chi connectivity index (χ2v) is 12.7. The smallest absolute Gasteiger partial charge is 0.191 e. The van der Waals surface area contributed by atoms with Crippen LogP contribution in [0.25, 0.3) is 0 Å². The lowest BCUT2D eigenvalue weighted by Crippen LogP contribution is -2.42. The molecule has 0 fully saturated rings. The van der Waals surface area contributed by atoms with Crippen molar-refractivity contribution in [1.29, 1.82) is 0 Å². The van der Waals surface area contributed by atoms with Gasteiger partial charge in [-0.3, -0.25) is 0 Å². The van der Waals surface area contributed by atoms with Gasteiger partial charge in [-0.2, -0.15) is 0 Å². The van der Waals surface area contributed by atoms with Crippen molar-refractivity contribution in [2.24, 2.45) is 5.92 Å². The highest BCUT2D eigenvalue weighted by Crippen LogP contribution is 2.37. The summed E-state index contributed by atoms with van der Waals surface area (Å²) in [6, 6.07) is 7.95. The number of hydrogen-bond donors (Lipinski definition) is 0. The van der Waals surface area contributed by atoms with E-state index in [1.54, 1.807) is 7.11 Å². The largest absolute Gasteiger partial charge is 0.497 e. The molecule has 0 aliphatic rings. The Morgan fingerprint density at radius 2 is 1.75 bits per heavy atom. The Balaban J connectivity index is 2.54. The zero-order chi connectivity index (χ0) is 18.4. The van der Waals surface area contributed by atoms with E-state index in [1.165, 1.54) is 0 Å². The summed E-state index contributed by atoms with van der Waals surface area (Å²) >= 11 is 0. The first-order valence-corrected chi connectivity index (χ1v) is 11.5. The summed E-state index contributed by atoms with van der Waals surface area (Å²) in [5.74, 6) is 1.13. The van der Waals surface area contributed by atoms with Crippen LogP contribution in [0.2, 0.25) is 18.1 Å². The topological polar surface area (TPSA) is 27.7 Å². The number of rotatable bonds is 9.